The molecule has 0 spiro atoms. The first kappa shape index (κ1) is 26.7. The Bertz CT molecular complexity index is 3240. The standard InChI is InChI=1S/C48H27NS/c1-2-14-30-29(13-1)34-20-11-21-35-32(24-25-36(30)44(34)35)31-26-27-42(33-15-4-3-12-28(31)33)49-41-22-9-7-18-39(41)45-46-40-19-8-10-23-43(40)50-48(46)38-17-6-5-16-37(38)47(45)49/h1-27H. The highest BCUT2D eigenvalue weighted by atomic mass is 32.1. The molecule has 2 aromatic heterocycles. The van der Waals surface area contributed by atoms with Gasteiger partial charge in [-0.3, -0.25) is 0 Å². The number of hydrogen-bond acceptors (Lipinski definition) is 1. The largest absolute Gasteiger partial charge is 0.308 e. The molecule has 9 aromatic carbocycles. The molecule has 0 fully saturated rings. The van der Waals surface area contributed by atoms with Gasteiger partial charge < -0.3 is 4.57 Å². The topological polar surface area (TPSA) is 4.93 Å². The van der Waals surface area contributed by atoms with Crippen molar-refractivity contribution in [2.45, 2.75) is 0 Å². The number of rotatable bonds is 2. The third kappa shape index (κ3) is 3.31. The van der Waals surface area contributed by atoms with Crippen molar-refractivity contribution in [3.63, 3.8) is 0 Å². The first-order chi connectivity index (χ1) is 24.8. The van der Waals surface area contributed by atoms with Gasteiger partial charge in [0.25, 0.3) is 0 Å². The van der Waals surface area contributed by atoms with E-state index in [0.29, 0.717) is 0 Å². The van der Waals surface area contributed by atoms with Crippen LogP contribution in [0.25, 0.3) is 113 Å². The zero-order valence-corrected chi connectivity index (χ0v) is 27.8. The zero-order chi connectivity index (χ0) is 32.5. The second-order valence-corrected chi connectivity index (χ2v) is 14.6. The van der Waals surface area contributed by atoms with Crippen LogP contribution in [0.4, 0.5) is 0 Å². The van der Waals surface area contributed by atoms with Crippen LogP contribution in [-0.4, -0.2) is 4.57 Å². The van der Waals surface area contributed by atoms with Gasteiger partial charge >= 0.3 is 0 Å². The monoisotopic (exact) mass is 649 g/mol. The molecule has 1 aliphatic rings. The van der Waals surface area contributed by atoms with Gasteiger partial charge in [0.05, 0.1) is 16.7 Å². The summed E-state index contributed by atoms with van der Waals surface area (Å²) in [6, 6.07) is 61.0. The minimum Gasteiger partial charge on any atom is -0.308 e. The minimum atomic E-state index is 1.21. The Kier molecular flexibility index (Phi) is 5.18. The second-order valence-electron chi connectivity index (χ2n) is 13.5. The maximum Gasteiger partial charge on any atom is 0.0627 e. The highest BCUT2D eigenvalue weighted by molar-refractivity contribution is 7.27. The van der Waals surface area contributed by atoms with Crippen LogP contribution in [0.5, 0.6) is 0 Å². The quantitative estimate of drug-likeness (QED) is 0.176. The van der Waals surface area contributed by atoms with E-state index in [0.717, 1.165) is 0 Å². The molecular weight excluding hydrogens is 623 g/mol. The van der Waals surface area contributed by atoms with Crippen LogP contribution in [0.2, 0.25) is 0 Å². The Balaban J connectivity index is 1.21. The fraction of sp³-hybridized carbons (Fsp3) is 0. The number of aromatic nitrogens is 1. The Labute approximate surface area is 291 Å². The molecule has 0 atom stereocenters. The fourth-order valence-electron chi connectivity index (χ4n) is 9.13. The van der Waals surface area contributed by atoms with Crippen molar-refractivity contribution < 1.29 is 0 Å². The van der Waals surface area contributed by atoms with E-state index in [1.165, 1.54) is 113 Å². The van der Waals surface area contributed by atoms with E-state index in [1.807, 2.05) is 11.3 Å². The molecular formula is C48H27NS. The highest BCUT2D eigenvalue weighted by Gasteiger charge is 2.25. The number of nitrogens with zero attached hydrogens (tertiary/aromatic N) is 1. The molecule has 0 unspecified atom stereocenters. The zero-order valence-electron chi connectivity index (χ0n) is 26.9. The van der Waals surface area contributed by atoms with Crippen LogP contribution in [0.3, 0.4) is 0 Å². The van der Waals surface area contributed by atoms with E-state index in [-0.39, 0.29) is 0 Å². The van der Waals surface area contributed by atoms with E-state index >= 15 is 0 Å². The maximum absolute atomic E-state index is 2.55. The Morgan fingerprint density at radius 3 is 1.72 bits per heavy atom. The van der Waals surface area contributed by atoms with E-state index in [2.05, 4.69) is 168 Å². The van der Waals surface area contributed by atoms with Crippen molar-refractivity contribution in [1.29, 1.82) is 0 Å². The highest BCUT2D eigenvalue weighted by Crippen LogP contribution is 2.51. The van der Waals surface area contributed by atoms with E-state index in [9.17, 15) is 0 Å². The van der Waals surface area contributed by atoms with Gasteiger partial charge in [0.1, 0.15) is 0 Å². The molecule has 0 radical (unpaired) electrons. The molecule has 11 aromatic rings. The van der Waals surface area contributed by atoms with E-state index < -0.39 is 0 Å². The molecule has 2 heterocycles. The van der Waals surface area contributed by atoms with Gasteiger partial charge in [-0.25, -0.2) is 0 Å². The van der Waals surface area contributed by atoms with Crippen molar-refractivity contribution in [3.8, 4) is 39.1 Å². The molecule has 0 bridgehead atoms. The van der Waals surface area contributed by atoms with Gasteiger partial charge in [0.15, 0.2) is 0 Å². The molecule has 12 rings (SSSR count). The Hall–Kier alpha value is -6.22. The SMILES string of the molecule is c1ccc2c(c1)-c1cccc3c(-c4ccc(-n5c6ccccc6c6c7c8ccccc8sc7c7ccccc7c65)c5ccccc45)ccc-2c13. The van der Waals surface area contributed by atoms with Crippen molar-refractivity contribution in [2.75, 3.05) is 0 Å². The summed E-state index contributed by atoms with van der Waals surface area (Å²) in [6.07, 6.45) is 0. The average Bonchev–Trinajstić information content (AvgIpc) is 3.84. The summed E-state index contributed by atoms with van der Waals surface area (Å²) in [5, 5.41) is 13.1. The lowest BCUT2D eigenvalue weighted by atomic mass is 9.91. The summed E-state index contributed by atoms with van der Waals surface area (Å²) in [4.78, 5) is 0. The van der Waals surface area contributed by atoms with Crippen molar-refractivity contribution in [1.82, 2.24) is 4.57 Å². The van der Waals surface area contributed by atoms with Gasteiger partial charge in [-0.1, -0.05) is 146 Å². The van der Waals surface area contributed by atoms with E-state index in [4.69, 9.17) is 0 Å². The summed E-state index contributed by atoms with van der Waals surface area (Å²) in [6.45, 7) is 0. The average molecular weight is 650 g/mol. The van der Waals surface area contributed by atoms with Crippen LogP contribution in [0, 0.1) is 0 Å². The smallest absolute Gasteiger partial charge is 0.0627 e. The molecule has 0 saturated heterocycles. The minimum absolute atomic E-state index is 1.21. The summed E-state index contributed by atoms with van der Waals surface area (Å²) in [7, 11) is 0. The lowest BCUT2D eigenvalue weighted by molar-refractivity contribution is 1.21. The predicted molar refractivity (Wildman–Crippen MR) is 216 cm³/mol. The molecule has 1 nitrogen and oxygen atoms in total. The van der Waals surface area contributed by atoms with Crippen molar-refractivity contribution in [2.24, 2.45) is 0 Å². The molecule has 0 saturated carbocycles. The van der Waals surface area contributed by atoms with Crippen LogP contribution >= 0.6 is 11.3 Å². The molecule has 230 valence electrons. The first-order valence-electron chi connectivity index (χ1n) is 17.3. The lowest BCUT2D eigenvalue weighted by Gasteiger charge is -2.17. The van der Waals surface area contributed by atoms with Gasteiger partial charge in [0, 0.05) is 47.1 Å². The Morgan fingerprint density at radius 1 is 0.320 bits per heavy atom. The third-order valence-corrected chi connectivity index (χ3v) is 12.3. The van der Waals surface area contributed by atoms with Crippen LogP contribution in [0.1, 0.15) is 0 Å². The van der Waals surface area contributed by atoms with Crippen molar-refractivity contribution in [3.05, 3.63) is 164 Å². The summed E-state index contributed by atoms with van der Waals surface area (Å²) in [5.41, 5.74) is 11.6. The van der Waals surface area contributed by atoms with Gasteiger partial charge in [-0.15, -0.1) is 11.3 Å². The van der Waals surface area contributed by atoms with Crippen LogP contribution in [0.15, 0.2) is 164 Å². The molecule has 0 N–H and O–H groups in total. The van der Waals surface area contributed by atoms with E-state index in [1.54, 1.807) is 0 Å². The normalized spacial score (nSPS) is 12.4. The maximum atomic E-state index is 2.55. The summed E-state index contributed by atoms with van der Waals surface area (Å²) in [5.74, 6) is 0. The summed E-state index contributed by atoms with van der Waals surface area (Å²) >= 11 is 1.92. The number of fused-ring (bicyclic) bond motifs is 14. The lowest BCUT2D eigenvalue weighted by Crippen LogP contribution is -1.97. The summed E-state index contributed by atoms with van der Waals surface area (Å²) < 4.78 is 5.25. The number of hydrogen-bond donors (Lipinski definition) is 0. The molecule has 0 aliphatic heterocycles. The number of benzene rings is 9. The van der Waals surface area contributed by atoms with Gasteiger partial charge in [-0.2, -0.15) is 0 Å². The molecule has 1 aliphatic carbocycles. The molecule has 50 heavy (non-hydrogen) atoms. The predicted octanol–water partition coefficient (Wildman–Crippen LogP) is 13.9. The third-order valence-electron chi connectivity index (χ3n) is 11.1. The van der Waals surface area contributed by atoms with Gasteiger partial charge in [0.2, 0.25) is 0 Å². The number of thiophene rings is 1. The van der Waals surface area contributed by atoms with Crippen molar-refractivity contribution >= 4 is 85.6 Å². The number of para-hydroxylation sites is 1. The second kappa shape index (κ2) is 9.69. The van der Waals surface area contributed by atoms with Gasteiger partial charge in [-0.05, 0) is 67.7 Å². The Morgan fingerprint density at radius 2 is 0.880 bits per heavy atom. The van der Waals surface area contributed by atoms with Crippen LogP contribution < -0.4 is 0 Å². The molecule has 0 amide bonds. The van der Waals surface area contributed by atoms with Crippen LogP contribution in [-0.2, 0) is 0 Å². The fourth-order valence-corrected chi connectivity index (χ4v) is 10.4. The molecule has 2 heteroatoms. The first-order valence-corrected chi connectivity index (χ1v) is 18.1.